The Balaban J connectivity index is 1.79. The van der Waals surface area contributed by atoms with Gasteiger partial charge in [0.25, 0.3) is 5.91 Å². The number of hydrogen-bond acceptors (Lipinski definition) is 4. The van der Waals surface area contributed by atoms with Crippen LogP contribution in [0.4, 0.5) is 23.7 Å². The number of imide groups is 1. The number of carbonyl (C=O) groups excluding carboxylic acids is 4. The average molecular weight is 490 g/mol. The van der Waals surface area contributed by atoms with Crippen LogP contribution in [0.2, 0.25) is 0 Å². The minimum atomic E-state index is -5.16. The van der Waals surface area contributed by atoms with Gasteiger partial charge in [-0.3, -0.25) is 19.3 Å². The lowest BCUT2D eigenvalue weighted by Gasteiger charge is -2.29. The number of anilines is 1. The number of carbonyl (C=O) groups is 4. The van der Waals surface area contributed by atoms with Crippen LogP contribution < -0.4 is 10.6 Å². The van der Waals surface area contributed by atoms with E-state index in [0.29, 0.717) is 12.1 Å². The third-order valence-corrected chi connectivity index (χ3v) is 5.63. The summed E-state index contributed by atoms with van der Waals surface area (Å²) in [6, 6.07) is 11.9. The van der Waals surface area contributed by atoms with Crippen LogP contribution in [0.1, 0.15) is 24.5 Å². The van der Waals surface area contributed by atoms with E-state index in [1.807, 2.05) is 0 Å². The molecule has 2 aromatic carbocycles. The molecule has 2 N–H and O–H groups in total. The summed E-state index contributed by atoms with van der Waals surface area (Å²) >= 11 is 0. The summed E-state index contributed by atoms with van der Waals surface area (Å²) in [5.74, 6) is -2.95. The molecule has 8 nitrogen and oxygen atoms in total. The lowest BCUT2D eigenvalue weighted by molar-refractivity contribution is -0.198. The van der Waals surface area contributed by atoms with Gasteiger partial charge in [-0.1, -0.05) is 55.5 Å². The molecule has 1 atom stereocenters. The quantitative estimate of drug-likeness (QED) is 0.556. The van der Waals surface area contributed by atoms with Crippen molar-refractivity contribution in [3.05, 3.63) is 65.7 Å². The van der Waals surface area contributed by atoms with Crippen LogP contribution in [0, 0.1) is 6.92 Å². The number of alkyl halides is 3. The summed E-state index contributed by atoms with van der Waals surface area (Å²) in [4.78, 5) is 52.2. The molecule has 35 heavy (non-hydrogen) atoms. The van der Waals surface area contributed by atoms with Crippen LogP contribution >= 0.6 is 0 Å². The van der Waals surface area contributed by atoms with Gasteiger partial charge in [0.1, 0.15) is 6.54 Å². The summed E-state index contributed by atoms with van der Waals surface area (Å²) < 4.78 is 42.3. The Hall–Kier alpha value is -3.89. The van der Waals surface area contributed by atoms with E-state index in [1.54, 1.807) is 43.4 Å². The highest BCUT2D eigenvalue weighted by molar-refractivity contribution is 6.10. The van der Waals surface area contributed by atoms with E-state index in [4.69, 9.17) is 0 Å². The smallest absolute Gasteiger partial charge is 0.332 e. The van der Waals surface area contributed by atoms with Crippen molar-refractivity contribution in [2.24, 2.45) is 0 Å². The molecule has 1 fully saturated rings. The summed E-state index contributed by atoms with van der Waals surface area (Å²) in [5, 5.41) is 4.42. The normalized spacial score (nSPS) is 17.8. The maximum absolute atomic E-state index is 14.1. The molecule has 1 aliphatic heterocycles. The molecule has 1 unspecified atom stereocenters. The second kappa shape index (κ2) is 10.2. The maximum atomic E-state index is 14.1. The maximum Gasteiger partial charge on any atom is 0.425 e. The van der Waals surface area contributed by atoms with Gasteiger partial charge in [0.15, 0.2) is 0 Å². The van der Waals surface area contributed by atoms with Crippen molar-refractivity contribution in [3.8, 4) is 0 Å². The topological polar surface area (TPSA) is 98.8 Å². The predicted molar refractivity (Wildman–Crippen MR) is 121 cm³/mol. The highest BCUT2D eigenvalue weighted by Gasteiger charge is 2.68. The number of para-hydroxylation sites is 1. The predicted octanol–water partition coefficient (Wildman–Crippen LogP) is 3.18. The lowest BCUT2D eigenvalue weighted by atomic mass is 9.89. The van der Waals surface area contributed by atoms with Crippen LogP contribution in [-0.4, -0.2) is 59.4 Å². The van der Waals surface area contributed by atoms with E-state index in [0.717, 1.165) is 22.6 Å². The standard InChI is InChI=1S/C24H25F3N4O4/c1-3-13-30(14-19(32)28-18-12-8-7-9-16(18)2)20(33)15-31-21(34)23(24(25,26)27,29-22(31)35)17-10-5-4-6-11-17/h4-12H,3,13-15H2,1-2H3,(H,28,32)(H,29,35). The molecule has 0 aromatic heterocycles. The second-order valence-electron chi connectivity index (χ2n) is 8.11. The van der Waals surface area contributed by atoms with Gasteiger partial charge < -0.3 is 15.5 Å². The van der Waals surface area contributed by atoms with Gasteiger partial charge >= 0.3 is 12.2 Å². The first-order valence-electron chi connectivity index (χ1n) is 10.9. The SMILES string of the molecule is CCCN(CC(=O)Nc1ccccc1C)C(=O)CN1C(=O)NC(c2ccccc2)(C(F)(F)F)C1=O. The Labute approximate surface area is 200 Å². The van der Waals surface area contributed by atoms with Crippen LogP contribution in [0.15, 0.2) is 54.6 Å². The summed E-state index contributed by atoms with van der Waals surface area (Å²) in [5.41, 5.74) is -2.42. The number of aryl methyl sites for hydroxylation is 1. The van der Waals surface area contributed by atoms with Gasteiger partial charge in [-0.2, -0.15) is 13.2 Å². The number of nitrogens with zero attached hydrogens (tertiary/aromatic N) is 2. The first-order chi connectivity index (χ1) is 16.5. The number of halogens is 3. The van der Waals surface area contributed by atoms with E-state index in [1.165, 1.54) is 18.2 Å². The van der Waals surface area contributed by atoms with Crippen molar-refractivity contribution in [1.29, 1.82) is 0 Å². The van der Waals surface area contributed by atoms with Crippen molar-refractivity contribution in [2.75, 3.05) is 25.0 Å². The highest BCUT2D eigenvalue weighted by Crippen LogP contribution is 2.43. The van der Waals surface area contributed by atoms with Crippen LogP contribution in [-0.2, 0) is 19.9 Å². The number of rotatable bonds is 8. The summed E-state index contributed by atoms with van der Waals surface area (Å²) in [6.45, 7) is 2.31. The number of nitrogens with one attached hydrogen (secondary N) is 2. The molecular weight excluding hydrogens is 465 g/mol. The molecule has 0 bridgehead atoms. The second-order valence-corrected chi connectivity index (χ2v) is 8.11. The summed E-state index contributed by atoms with van der Waals surface area (Å²) in [6.07, 6.45) is -4.71. The molecule has 1 saturated heterocycles. The third-order valence-electron chi connectivity index (χ3n) is 5.63. The van der Waals surface area contributed by atoms with Crippen LogP contribution in [0.3, 0.4) is 0 Å². The molecule has 11 heteroatoms. The minimum absolute atomic E-state index is 0.104. The number of hydrogen-bond donors (Lipinski definition) is 2. The number of benzene rings is 2. The Morgan fingerprint density at radius 2 is 1.69 bits per heavy atom. The first-order valence-corrected chi connectivity index (χ1v) is 10.9. The molecule has 0 spiro atoms. The van der Waals surface area contributed by atoms with E-state index in [-0.39, 0.29) is 11.4 Å². The Morgan fingerprint density at radius 1 is 1.06 bits per heavy atom. The molecule has 0 aliphatic carbocycles. The Kier molecular flexibility index (Phi) is 7.47. The fraction of sp³-hybridized carbons (Fsp3) is 0.333. The zero-order valence-electron chi connectivity index (χ0n) is 19.2. The largest absolute Gasteiger partial charge is 0.425 e. The molecule has 1 heterocycles. The van der Waals surface area contributed by atoms with E-state index in [2.05, 4.69) is 5.32 Å². The zero-order valence-corrected chi connectivity index (χ0v) is 19.2. The molecule has 0 radical (unpaired) electrons. The molecule has 0 saturated carbocycles. The fourth-order valence-electron chi connectivity index (χ4n) is 3.83. The highest BCUT2D eigenvalue weighted by atomic mass is 19.4. The lowest BCUT2D eigenvalue weighted by Crippen LogP contribution is -2.56. The molecule has 5 amide bonds. The third kappa shape index (κ3) is 5.13. The molecule has 186 valence electrons. The van der Waals surface area contributed by atoms with Gasteiger partial charge in [0, 0.05) is 12.2 Å². The van der Waals surface area contributed by atoms with Crippen LogP contribution in [0.5, 0.6) is 0 Å². The number of urea groups is 1. The van der Waals surface area contributed by atoms with Gasteiger partial charge in [0.2, 0.25) is 17.4 Å². The minimum Gasteiger partial charge on any atom is -0.332 e. The molecule has 1 aliphatic rings. The van der Waals surface area contributed by atoms with Crippen LogP contribution in [0.25, 0.3) is 0 Å². The monoisotopic (exact) mass is 490 g/mol. The average Bonchev–Trinajstić information content (AvgIpc) is 3.06. The number of amides is 5. The van der Waals surface area contributed by atoms with Gasteiger partial charge in [0.05, 0.1) is 6.54 Å². The van der Waals surface area contributed by atoms with Gasteiger partial charge in [-0.25, -0.2) is 4.79 Å². The van der Waals surface area contributed by atoms with Crippen molar-refractivity contribution >= 4 is 29.4 Å². The molecular formula is C24H25F3N4O4. The summed E-state index contributed by atoms with van der Waals surface area (Å²) in [7, 11) is 0. The first kappa shape index (κ1) is 25.7. The Morgan fingerprint density at radius 3 is 2.29 bits per heavy atom. The Bertz CT molecular complexity index is 1120. The van der Waals surface area contributed by atoms with Gasteiger partial charge in [-0.15, -0.1) is 0 Å². The van der Waals surface area contributed by atoms with E-state index < -0.39 is 54.1 Å². The van der Waals surface area contributed by atoms with E-state index >= 15 is 0 Å². The van der Waals surface area contributed by atoms with Crippen molar-refractivity contribution in [3.63, 3.8) is 0 Å². The van der Waals surface area contributed by atoms with Gasteiger partial charge in [-0.05, 0) is 30.5 Å². The fourth-order valence-corrected chi connectivity index (χ4v) is 3.83. The van der Waals surface area contributed by atoms with Crippen molar-refractivity contribution < 1.29 is 32.3 Å². The van der Waals surface area contributed by atoms with Crippen molar-refractivity contribution in [1.82, 2.24) is 15.1 Å². The van der Waals surface area contributed by atoms with Crippen molar-refractivity contribution in [2.45, 2.75) is 32.0 Å². The van der Waals surface area contributed by atoms with E-state index in [9.17, 15) is 32.3 Å². The zero-order chi connectivity index (χ0) is 25.8. The molecule has 2 aromatic rings. The molecule has 3 rings (SSSR count).